The predicted molar refractivity (Wildman–Crippen MR) is 77.2 cm³/mol. The molecule has 0 heterocycles. The van der Waals surface area contributed by atoms with Crippen LogP contribution in [-0.4, -0.2) is 0 Å². The SMILES string of the molecule is CCCC(C)C(NN)c1ccccc1C1CCC1. The predicted octanol–water partition coefficient (Wildman–Crippen LogP) is 3.89. The van der Waals surface area contributed by atoms with Crippen LogP contribution in [0.3, 0.4) is 0 Å². The molecular weight excluding hydrogens is 220 g/mol. The van der Waals surface area contributed by atoms with E-state index in [1.807, 2.05) is 0 Å². The molecule has 1 aliphatic carbocycles. The van der Waals surface area contributed by atoms with Crippen molar-refractivity contribution < 1.29 is 0 Å². The van der Waals surface area contributed by atoms with Crippen molar-refractivity contribution >= 4 is 0 Å². The maximum absolute atomic E-state index is 5.81. The van der Waals surface area contributed by atoms with E-state index in [0.717, 1.165) is 5.92 Å². The van der Waals surface area contributed by atoms with Gasteiger partial charge in [0.1, 0.15) is 0 Å². The van der Waals surface area contributed by atoms with E-state index in [4.69, 9.17) is 5.84 Å². The lowest BCUT2D eigenvalue weighted by molar-refractivity contribution is 0.355. The van der Waals surface area contributed by atoms with Crippen molar-refractivity contribution in [1.29, 1.82) is 0 Å². The highest BCUT2D eigenvalue weighted by Crippen LogP contribution is 2.40. The van der Waals surface area contributed by atoms with Crippen molar-refractivity contribution in [3.8, 4) is 0 Å². The first-order chi connectivity index (χ1) is 8.77. The van der Waals surface area contributed by atoms with Crippen LogP contribution in [0, 0.1) is 5.92 Å². The third-order valence-electron chi connectivity index (χ3n) is 4.37. The standard InChI is InChI=1S/C16H26N2/c1-3-7-12(2)16(18-17)15-11-5-4-10-14(15)13-8-6-9-13/h4-5,10-13,16,18H,3,6-9,17H2,1-2H3. The van der Waals surface area contributed by atoms with Gasteiger partial charge >= 0.3 is 0 Å². The molecule has 0 radical (unpaired) electrons. The Kier molecular flexibility index (Phi) is 4.79. The van der Waals surface area contributed by atoms with Gasteiger partial charge in [0.2, 0.25) is 0 Å². The summed E-state index contributed by atoms with van der Waals surface area (Å²) in [5.74, 6) is 7.17. The molecular formula is C16H26N2. The van der Waals surface area contributed by atoms with Crippen molar-refractivity contribution in [1.82, 2.24) is 5.43 Å². The van der Waals surface area contributed by atoms with E-state index < -0.39 is 0 Å². The summed E-state index contributed by atoms with van der Waals surface area (Å²) in [5.41, 5.74) is 5.99. The van der Waals surface area contributed by atoms with Crippen LogP contribution in [0.4, 0.5) is 0 Å². The van der Waals surface area contributed by atoms with E-state index in [-0.39, 0.29) is 0 Å². The summed E-state index contributed by atoms with van der Waals surface area (Å²) in [4.78, 5) is 0. The Balaban J connectivity index is 2.23. The van der Waals surface area contributed by atoms with Crippen LogP contribution in [-0.2, 0) is 0 Å². The fourth-order valence-electron chi connectivity index (χ4n) is 3.07. The molecule has 1 aliphatic rings. The Labute approximate surface area is 111 Å². The van der Waals surface area contributed by atoms with Gasteiger partial charge in [-0.15, -0.1) is 0 Å². The number of hydrogen-bond donors (Lipinski definition) is 2. The molecule has 2 rings (SSSR count). The first kappa shape index (κ1) is 13.6. The molecule has 0 aliphatic heterocycles. The molecule has 100 valence electrons. The monoisotopic (exact) mass is 246 g/mol. The first-order valence-electron chi connectivity index (χ1n) is 7.32. The molecule has 1 fully saturated rings. The largest absolute Gasteiger partial charge is 0.271 e. The second-order valence-electron chi connectivity index (χ2n) is 5.67. The van der Waals surface area contributed by atoms with Crippen molar-refractivity contribution in [2.24, 2.45) is 11.8 Å². The molecule has 2 unspecified atom stereocenters. The van der Waals surface area contributed by atoms with Crippen LogP contribution in [0.25, 0.3) is 0 Å². The normalized spacial score (nSPS) is 19.3. The maximum atomic E-state index is 5.81. The van der Waals surface area contributed by atoms with Gasteiger partial charge in [-0.05, 0) is 42.2 Å². The third-order valence-corrected chi connectivity index (χ3v) is 4.37. The Morgan fingerprint density at radius 1 is 1.33 bits per heavy atom. The topological polar surface area (TPSA) is 38.0 Å². The average molecular weight is 246 g/mol. The molecule has 1 aromatic carbocycles. The van der Waals surface area contributed by atoms with E-state index in [1.54, 1.807) is 0 Å². The van der Waals surface area contributed by atoms with Gasteiger partial charge in [0.15, 0.2) is 0 Å². The summed E-state index contributed by atoms with van der Waals surface area (Å²) in [6.07, 6.45) is 6.50. The second-order valence-corrected chi connectivity index (χ2v) is 5.67. The van der Waals surface area contributed by atoms with Gasteiger partial charge in [-0.2, -0.15) is 0 Å². The molecule has 0 amide bonds. The smallest absolute Gasteiger partial charge is 0.0488 e. The summed E-state index contributed by atoms with van der Waals surface area (Å²) in [6, 6.07) is 9.14. The van der Waals surface area contributed by atoms with Gasteiger partial charge in [-0.3, -0.25) is 11.3 Å². The van der Waals surface area contributed by atoms with Crippen molar-refractivity contribution in [3.63, 3.8) is 0 Å². The zero-order valence-electron chi connectivity index (χ0n) is 11.7. The van der Waals surface area contributed by atoms with E-state index >= 15 is 0 Å². The maximum Gasteiger partial charge on any atom is 0.0488 e. The summed E-state index contributed by atoms with van der Waals surface area (Å²) in [6.45, 7) is 4.54. The molecule has 0 bridgehead atoms. The highest BCUT2D eigenvalue weighted by molar-refractivity contribution is 5.34. The molecule has 0 aromatic heterocycles. The van der Waals surface area contributed by atoms with Crippen LogP contribution in [0.1, 0.15) is 69.0 Å². The van der Waals surface area contributed by atoms with E-state index in [9.17, 15) is 0 Å². The molecule has 18 heavy (non-hydrogen) atoms. The lowest BCUT2D eigenvalue weighted by Gasteiger charge is -2.32. The minimum atomic E-state index is 0.293. The second kappa shape index (κ2) is 6.35. The van der Waals surface area contributed by atoms with Gasteiger partial charge in [-0.25, -0.2) is 0 Å². The minimum Gasteiger partial charge on any atom is -0.271 e. The van der Waals surface area contributed by atoms with Crippen LogP contribution in [0.15, 0.2) is 24.3 Å². The van der Waals surface area contributed by atoms with Crippen molar-refractivity contribution in [2.75, 3.05) is 0 Å². The Morgan fingerprint density at radius 2 is 2.06 bits per heavy atom. The number of hydrazine groups is 1. The molecule has 0 saturated heterocycles. The molecule has 2 nitrogen and oxygen atoms in total. The van der Waals surface area contributed by atoms with Gasteiger partial charge in [-0.1, -0.05) is 51.0 Å². The number of benzene rings is 1. The zero-order chi connectivity index (χ0) is 13.0. The van der Waals surface area contributed by atoms with Gasteiger partial charge in [0.05, 0.1) is 0 Å². The number of nitrogens with one attached hydrogen (secondary N) is 1. The molecule has 0 spiro atoms. The van der Waals surface area contributed by atoms with Crippen LogP contribution < -0.4 is 11.3 Å². The lowest BCUT2D eigenvalue weighted by Crippen LogP contribution is -2.33. The third kappa shape index (κ3) is 2.76. The van der Waals surface area contributed by atoms with Gasteiger partial charge in [0.25, 0.3) is 0 Å². The van der Waals surface area contributed by atoms with Crippen LogP contribution >= 0.6 is 0 Å². The molecule has 3 N–H and O–H groups in total. The number of rotatable bonds is 6. The molecule has 1 saturated carbocycles. The quantitative estimate of drug-likeness (QED) is 0.590. The van der Waals surface area contributed by atoms with Gasteiger partial charge in [0, 0.05) is 6.04 Å². The van der Waals surface area contributed by atoms with Crippen LogP contribution in [0.2, 0.25) is 0 Å². The summed E-state index contributed by atoms with van der Waals surface area (Å²) < 4.78 is 0. The minimum absolute atomic E-state index is 0.293. The van der Waals surface area contributed by atoms with Crippen molar-refractivity contribution in [2.45, 2.75) is 57.9 Å². The van der Waals surface area contributed by atoms with E-state index in [1.165, 1.54) is 43.2 Å². The summed E-state index contributed by atoms with van der Waals surface area (Å²) in [7, 11) is 0. The highest BCUT2D eigenvalue weighted by Gasteiger charge is 2.26. The first-order valence-corrected chi connectivity index (χ1v) is 7.32. The summed E-state index contributed by atoms with van der Waals surface area (Å²) in [5, 5.41) is 0. The zero-order valence-corrected chi connectivity index (χ0v) is 11.7. The molecule has 2 heteroatoms. The Hall–Kier alpha value is -0.860. The highest BCUT2D eigenvalue weighted by atomic mass is 15.2. The molecule has 2 atom stereocenters. The van der Waals surface area contributed by atoms with Gasteiger partial charge < -0.3 is 0 Å². The fourth-order valence-corrected chi connectivity index (χ4v) is 3.07. The lowest BCUT2D eigenvalue weighted by atomic mass is 9.75. The number of hydrogen-bond acceptors (Lipinski definition) is 2. The fraction of sp³-hybridized carbons (Fsp3) is 0.625. The average Bonchev–Trinajstić information content (AvgIpc) is 2.30. The van der Waals surface area contributed by atoms with E-state index in [2.05, 4.69) is 43.5 Å². The van der Waals surface area contributed by atoms with E-state index in [0.29, 0.717) is 12.0 Å². The number of nitrogens with two attached hydrogens (primary N) is 1. The Morgan fingerprint density at radius 3 is 2.61 bits per heavy atom. The summed E-state index contributed by atoms with van der Waals surface area (Å²) >= 11 is 0. The Bertz CT molecular complexity index is 371. The van der Waals surface area contributed by atoms with Crippen LogP contribution in [0.5, 0.6) is 0 Å². The van der Waals surface area contributed by atoms with Crippen molar-refractivity contribution in [3.05, 3.63) is 35.4 Å². The molecule has 1 aromatic rings.